The van der Waals surface area contributed by atoms with Crippen molar-refractivity contribution in [1.82, 2.24) is 20.3 Å². The summed E-state index contributed by atoms with van der Waals surface area (Å²) in [6.45, 7) is 8.38. The van der Waals surface area contributed by atoms with E-state index in [2.05, 4.69) is 15.6 Å². The fraction of sp³-hybridized carbons (Fsp3) is 0.769. The maximum absolute atomic E-state index is 12.0. The number of hydrogen-bond acceptors (Lipinski definition) is 4. The van der Waals surface area contributed by atoms with Crippen LogP contribution in [-0.4, -0.2) is 33.0 Å². The lowest BCUT2D eigenvalue weighted by Gasteiger charge is -2.23. The van der Waals surface area contributed by atoms with Crippen LogP contribution in [0.1, 0.15) is 52.3 Å². The van der Waals surface area contributed by atoms with Gasteiger partial charge in [0, 0.05) is 11.7 Å². The van der Waals surface area contributed by atoms with Gasteiger partial charge >= 0.3 is 0 Å². The van der Waals surface area contributed by atoms with E-state index in [0.717, 1.165) is 25.0 Å². The molecule has 6 heteroatoms. The normalized spacial score (nSPS) is 13.3. The lowest BCUT2D eigenvalue weighted by molar-refractivity contribution is -0.125. The van der Waals surface area contributed by atoms with Crippen molar-refractivity contribution in [3.8, 4) is 0 Å². The van der Waals surface area contributed by atoms with E-state index in [1.165, 1.54) is 0 Å². The SMILES string of the molecule is CC(C(=O)NC(C)(C)C)n1cc(CCCCN)nn1. The summed E-state index contributed by atoms with van der Waals surface area (Å²) in [5, 5.41) is 11.0. The minimum Gasteiger partial charge on any atom is -0.350 e. The maximum atomic E-state index is 12.0. The van der Waals surface area contributed by atoms with Crippen molar-refractivity contribution in [3.05, 3.63) is 11.9 Å². The topological polar surface area (TPSA) is 85.8 Å². The molecule has 0 radical (unpaired) electrons. The second-order valence-corrected chi connectivity index (χ2v) is 5.85. The summed E-state index contributed by atoms with van der Waals surface area (Å²) in [7, 11) is 0. The van der Waals surface area contributed by atoms with Gasteiger partial charge in [0.25, 0.3) is 0 Å². The molecule has 0 spiro atoms. The number of carbonyl (C=O) groups is 1. The van der Waals surface area contributed by atoms with Gasteiger partial charge in [0.1, 0.15) is 6.04 Å². The van der Waals surface area contributed by atoms with Gasteiger partial charge in [0.2, 0.25) is 5.91 Å². The zero-order valence-corrected chi connectivity index (χ0v) is 12.3. The van der Waals surface area contributed by atoms with Gasteiger partial charge in [0.05, 0.1) is 5.69 Å². The van der Waals surface area contributed by atoms with Crippen LogP contribution in [-0.2, 0) is 11.2 Å². The maximum Gasteiger partial charge on any atom is 0.245 e. The van der Waals surface area contributed by atoms with Crippen molar-refractivity contribution in [3.63, 3.8) is 0 Å². The Balaban J connectivity index is 2.57. The van der Waals surface area contributed by atoms with Crippen molar-refractivity contribution < 1.29 is 4.79 Å². The molecule has 1 rings (SSSR count). The first-order chi connectivity index (χ1) is 8.83. The first-order valence-electron chi connectivity index (χ1n) is 6.76. The molecule has 0 aromatic carbocycles. The lowest BCUT2D eigenvalue weighted by Crippen LogP contribution is -2.43. The van der Waals surface area contributed by atoms with Gasteiger partial charge in [-0.15, -0.1) is 5.10 Å². The minimum atomic E-state index is -0.352. The summed E-state index contributed by atoms with van der Waals surface area (Å²) in [4.78, 5) is 12.0. The number of carbonyl (C=O) groups excluding carboxylic acids is 1. The molecule has 0 bridgehead atoms. The molecule has 0 saturated heterocycles. The van der Waals surface area contributed by atoms with E-state index in [1.807, 2.05) is 33.9 Å². The summed E-state index contributed by atoms with van der Waals surface area (Å²) in [6.07, 6.45) is 4.67. The molecule has 108 valence electrons. The second kappa shape index (κ2) is 6.65. The first-order valence-corrected chi connectivity index (χ1v) is 6.76. The molecule has 0 saturated carbocycles. The van der Waals surface area contributed by atoms with Gasteiger partial charge in [-0.25, -0.2) is 4.68 Å². The van der Waals surface area contributed by atoms with Crippen LogP contribution in [0.25, 0.3) is 0 Å². The van der Waals surface area contributed by atoms with Crippen LogP contribution in [0.15, 0.2) is 6.20 Å². The molecule has 0 fully saturated rings. The number of nitrogens with zero attached hydrogens (tertiary/aromatic N) is 3. The molecule has 3 N–H and O–H groups in total. The standard InChI is InChI=1S/C13H25N5O/c1-10(12(19)15-13(2,3)4)18-9-11(16-17-18)7-5-6-8-14/h9-10H,5-8,14H2,1-4H3,(H,15,19). The molecule has 1 aromatic rings. The number of nitrogens with two attached hydrogens (primary N) is 1. The zero-order valence-electron chi connectivity index (χ0n) is 12.3. The summed E-state index contributed by atoms with van der Waals surface area (Å²) < 4.78 is 1.61. The van der Waals surface area contributed by atoms with E-state index in [1.54, 1.807) is 4.68 Å². The predicted octanol–water partition coefficient (Wildman–Crippen LogP) is 1.04. The summed E-state index contributed by atoms with van der Waals surface area (Å²) in [5.41, 5.74) is 6.12. The van der Waals surface area contributed by atoms with Crippen LogP contribution < -0.4 is 11.1 Å². The first kappa shape index (κ1) is 15.6. The third-order valence-electron chi connectivity index (χ3n) is 2.72. The molecule has 0 aliphatic heterocycles. The van der Waals surface area contributed by atoms with Crippen LogP contribution in [0.4, 0.5) is 0 Å². The minimum absolute atomic E-state index is 0.0501. The van der Waals surface area contributed by atoms with Gasteiger partial charge in [-0.1, -0.05) is 5.21 Å². The molecule has 19 heavy (non-hydrogen) atoms. The Kier molecular flexibility index (Phi) is 5.47. The highest BCUT2D eigenvalue weighted by molar-refractivity contribution is 5.80. The zero-order chi connectivity index (χ0) is 14.5. The fourth-order valence-corrected chi connectivity index (χ4v) is 1.66. The summed E-state index contributed by atoms with van der Waals surface area (Å²) >= 11 is 0. The lowest BCUT2D eigenvalue weighted by atomic mass is 10.1. The third-order valence-corrected chi connectivity index (χ3v) is 2.72. The van der Waals surface area contributed by atoms with Crippen LogP contribution in [0.3, 0.4) is 0 Å². The number of rotatable bonds is 6. The highest BCUT2D eigenvalue weighted by Crippen LogP contribution is 2.09. The highest BCUT2D eigenvalue weighted by Gasteiger charge is 2.21. The smallest absolute Gasteiger partial charge is 0.245 e. The Morgan fingerprint density at radius 2 is 2.16 bits per heavy atom. The van der Waals surface area contributed by atoms with Crippen LogP contribution in [0.2, 0.25) is 0 Å². The predicted molar refractivity (Wildman–Crippen MR) is 74.6 cm³/mol. The van der Waals surface area contributed by atoms with Crippen molar-refractivity contribution in [2.24, 2.45) is 5.73 Å². The Morgan fingerprint density at radius 1 is 1.47 bits per heavy atom. The Hall–Kier alpha value is -1.43. The van der Waals surface area contributed by atoms with Gasteiger partial charge in [-0.2, -0.15) is 0 Å². The van der Waals surface area contributed by atoms with Gasteiger partial charge in [0.15, 0.2) is 0 Å². The van der Waals surface area contributed by atoms with Crippen molar-refractivity contribution >= 4 is 5.91 Å². The summed E-state index contributed by atoms with van der Waals surface area (Å²) in [5.74, 6) is -0.0501. The van der Waals surface area contributed by atoms with Crippen molar-refractivity contribution in [2.75, 3.05) is 6.54 Å². The van der Waals surface area contributed by atoms with E-state index in [-0.39, 0.29) is 17.5 Å². The number of aryl methyl sites for hydroxylation is 1. The van der Waals surface area contributed by atoms with Gasteiger partial charge in [-0.05, 0) is 53.5 Å². The summed E-state index contributed by atoms with van der Waals surface area (Å²) in [6, 6.07) is -0.352. The van der Waals surface area contributed by atoms with Gasteiger partial charge < -0.3 is 11.1 Å². The third kappa shape index (κ3) is 5.38. The molecule has 0 aliphatic carbocycles. The van der Waals surface area contributed by atoms with Crippen LogP contribution >= 0.6 is 0 Å². The Labute approximate surface area is 114 Å². The van der Waals surface area contributed by atoms with Crippen LogP contribution in [0.5, 0.6) is 0 Å². The second-order valence-electron chi connectivity index (χ2n) is 5.85. The Morgan fingerprint density at radius 3 is 2.74 bits per heavy atom. The molecular weight excluding hydrogens is 242 g/mol. The molecule has 6 nitrogen and oxygen atoms in total. The molecule has 1 amide bonds. The van der Waals surface area contributed by atoms with E-state index >= 15 is 0 Å². The average Bonchev–Trinajstić information content (AvgIpc) is 2.75. The quantitative estimate of drug-likeness (QED) is 0.754. The van der Waals surface area contributed by atoms with Crippen LogP contribution in [0, 0.1) is 0 Å². The van der Waals surface area contributed by atoms with E-state index in [4.69, 9.17) is 5.73 Å². The molecule has 1 aromatic heterocycles. The monoisotopic (exact) mass is 267 g/mol. The van der Waals surface area contributed by atoms with E-state index < -0.39 is 0 Å². The molecular formula is C13H25N5O. The van der Waals surface area contributed by atoms with E-state index in [0.29, 0.717) is 6.54 Å². The number of aromatic nitrogens is 3. The fourth-order valence-electron chi connectivity index (χ4n) is 1.66. The molecule has 0 aliphatic rings. The van der Waals surface area contributed by atoms with Gasteiger partial charge in [-0.3, -0.25) is 4.79 Å². The molecule has 1 atom stereocenters. The average molecular weight is 267 g/mol. The van der Waals surface area contributed by atoms with Crippen molar-refractivity contribution in [2.45, 2.75) is 58.5 Å². The molecule has 1 unspecified atom stereocenters. The number of unbranched alkanes of at least 4 members (excludes halogenated alkanes) is 1. The number of nitrogens with one attached hydrogen (secondary N) is 1. The highest BCUT2D eigenvalue weighted by atomic mass is 16.2. The Bertz CT molecular complexity index is 407. The van der Waals surface area contributed by atoms with Crippen molar-refractivity contribution in [1.29, 1.82) is 0 Å². The molecule has 1 heterocycles. The van der Waals surface area contributed by atoms with E-state index in [9.17, 15) is 4.79 Å². The number of hydrogen-bond donors (Lipinski definition) is 2. The largest absolute Gasteiger partial charge is 0.350 e. The number of amides is 1.